The van der Waals surface area contributed by atoms with Crippen LogP contribution in [0, 0.1) is 0 Å². The van der Waals surface area contributed by atoms with E-state index in [1.807, 2.05) is 12.1 Å². The molecule has 1 amide bonds. The lowest BCUT2D eigenvalue weighted by Gasteiger charge is -2.02. The minimum Gasteiger partial charge on any atom is -0.399 e. The Morgan fingerprint density at radius 3 is 3.06 bits per heavy atom. The Labute approximate surface area is 105 Å². The smallest absolute Gasteiger partial charge is 0.267 e. The number of carbonyl (C=O) groups excluding carboxylic acids is 1. The van der Waals surface area contributed by atoms with Gasteiger partial charge in [0, 0.05) is 36.9 Å². The zero-order valence-electron chi connectivity index (χ0n) is 10.3. The van der Waals surface area contributed by atoms with Crippen molar-refractivity contribution in [3.05, 3.63) is 30.0 Å². The predicted octanol–water partition coefficient (Wildman–Crippen LogP) is 1.52. The minimum atomic E-state index is -0.110. The van der Waals surface area contributed by atoms with Crippen LogP contribution in [0.4, 0.5) is 5.69 Å². The van der Waals surface area contributed by atoms with Gasteiger partial charge in [0.25, 0.3) is 5.91 Å². The number of ether oxygens (including phenoxy) is 1. The van der Waals surface area contributed by atoms with Crippen molar-refractivity contribution < 1.29 is 9.53 Å². The highest BCUT2D eigenvalue weighted by Gasteiger charge is 2.08. The number of carbonyl (C=O) groups is 1. The number of hydrogen-bond donors (Lipinski definition) is 3. The average molecular weight is 247 g/mol. The van der Waals surface area contributed by atoms with Gasteiger partial charge in [0.05, 0.1) is 0 Å². The summed E-state index contributed by atoms with van der Waals surface area (Å²) in [5, 5.41) is 3.77. The summed E-state index contributed by atoms with van der Waals surface area (Å²) >= 11 is 0. The van der Waals surface area contributed by atoms with Crippen LogP contribution >= 0.6 is 0 Å². The van der Waals surface area contributed by atoms with Crippen LogP contribution in [0.25, 0.3) is 10.9 Å². The summed E-state index contributed by atoms with van der Waals surface area (Å²) < 4.78 is 4.92. The Balaban J connectivity index is 2.04. The molecule has 0 unspecified atom stereocenters. The lowest BCUT2D eigenvalue weighted by atomic mass is 10.2. The maximum atomic E-state index is 11.8. The van der Waals surface area contributed by atoms with Crippen molar-refractivity contribution in [1.82, 2.24) is 10.3 Å². The maximum absolute atomic E-state index is 11.8. The molecule has 1 heterocycles. The Morgan fingerprint density at radius 2 is 2.28 bits per heavy atom. The van der Waals surface area contributed by atoms with Gasteiger partial charge in [-0.05, 0) is 30.7 Å². The SMILES string of the molecule is COCCCNC(=O)c1cc2cc(N)ccc2[nH]1. The fraction of sp³-hybridized carbons (Fsp3) is 0.308. The number of anilines is 1. The molecule has 5 heteroatoms. The second kappa shape index (κ2) is 5.55. The van der Waals surface area contributed by atoms with Crippen molar-refractivity contribution >= 4 is 22.5 Å². The van der Waals surface area contributed by atoms with E-state index in [0.717, 1.165) is 17.3 Å². The molecule has 0 aliphatic rings. The molecular formula is C13H17N3O2. The first-order valence-corrected chi connectivity index (χ1v) is 5.86. The highest BCUT2D eigenvalue weighted by molar-refractivity contribution is 5.98. The van der Waals surface area contributed by atoms with Crippen molar-refractivity contribution in [2.45, 2.75) is 6.42 Å². The molecule has 0 saturated carbocycles. The molecule has 2 aromatic rings. The number of H-pyrrole nitrogens is 1. The van der Waals surface area contributed by atoms with E-state index >= 15 is 0 Å². The lowest BCUT2D eigenvalue weighted by molar-refractivity contribution is 0.0944. The number of amides is 1. The Kier molecular flexibility index (Phi) is 3.84. The van der Waals surface area contributed by atoms with Gasteiger partial charge in [0.15, 0.2) is 0 Å². The summed E-state index contributed by atoms with van der Waals surface area (Å²) in [6.07, 6.45) is 0.801. The zero-order valence-corrected chi connectivity index (χ0v) is 10.3. The lowest BCUT2D eigenvalue weighted by Crippen LogP contribution is -2.25. The van der Waals surface area contributed by atoms with E-state index in [2.05, 4.69) is 10.3 Å². The molecule has 2 rings (SSSR count). The van der Waals surface area contributed by atoms with Gasteiger partial charge < -0.3 is 20.8 Å². The van der Waals surface area contributed by atoms with Crippen LogP contribution < -0.4 is 11.1 Å². The maximum Gasteiger partial charge on any atom is 0.267 e. The molecule has 96 valence electrons. The van der Waals surface area contributed by atoms with E-state index < -0.39 is 0 Å². The van der Waals surface area contributed by atoms with E-state index in [9.17, 15) is 4.79 Å². The van der Waals surface area contributed by atoms with Crippen LogP contribution in [-0.2, 0) is 4.74 Å². The summed E-state index contributed by atoms with van der Waals surface area (Å²) in [6.45, 7) is 1.24. The monoisotopic (exact) mass is 247 g/mol. The van der Waals surface area contributed by atoms with Crippen LogP contribution in [0.15, 0.2) is 24.3 Å². The third-order valence-corrected chi connectivity index (χ3v) is 2.70. The molecular weight excluding hydrogens is 230 g/mol. The third kappa shape index (κ3) is 2.81. The third-order valence-electron chi connectivity index (χ3n) is 2.70. The molecule has 0 saturated heterocycles. The van der Waals surface area contributed by atoms with Gasteiger partial charge >= 0.3 is 0 Å². The summed E-state index contributed by atoms with van der Waals surface area (Å²) in [7, 11) is 1.64. The summed E-state index contributed by atoms with van der Waals surface area (Å²) in [5.74, 6) is -0.110. The van der Waals surface area contributed by atoms with E-state index in [0.29, 0.717) is 24.5 Å². The predicted molar refractivity (Wildman–Crippen MR) is 71.5 cm³/mol. The zero-order chi connectivity index (χ0) is 13.0. The largest absolute Gasteiger partial charge is 0.399 e. The highest BCUT2D eigenvalue weighted by atomic mass is 16.5. The van der Waals surface area contributed by atoms with Crippen LogP contribution in [0.1, 0.15) is 16.9 Å². The van der Waals surface area contributed by atoms with Gasteiger partial charge in [-0.3, -0.25) is 4.79 Å². The second-order valence-electron chi connectivity index (χ2n) is 4.13. The number of nitrogens with two attached hydrogens (primary N) is 1. The van der Waals surface area contributed by atoms with Crippen molar-refractivity contribution in [1.29, 1.82) is 0 Å². The number of nitrogen functional groups attached to an aromatic ring is 1. The van der Waals surface area contributed by atoms with Gasteiger partial charge in [-0.15, -0.1) is 0 Å². The topological polar surface area (TPSA) is 80.1 Å². The summed E-state index contributed by atoms with van der Waals surface area (Å²) in [6, 6.07) is 7.32. The highest BCUT2D eigenvalue weighted by Crippen LogP contribution is 2.18. The van der Waals surface area contributed by atoms with Crippen molar-refractivity contribution in [2.75, 3.05) is 26.0 Å². The molecule has 0 fully saturated rings. The number of benzene rings is 1. The van der Waals surface area contributed by atoms with E-state index in [1.165, 1.54) is 0 Å². The summed E-state index contributed by atoms with van der Waals surface area (Å²) in [4.78, 5) is 14.9. The van der Waals surface area contributed by atoms with Gasteiger partial charge in [-0.1, -0.05) is 0 Å². The van der Waals surface area contributed by atoms with E-state index in [1.54, 1.807) is 19.2 Å². The van der Waals surface area contributed by atoms with Crippen molar-refractivity contribution in [3.63, 3.8) is 0 Å². The standard InChI is InChI=1S/C13H17N3O2/c1-18-6-2-5-15-13(17)12-8-9-7-10(14)3-4-11(9)16-12/h3-4,7-8,16H,2,5-6,14H2,1H3,(H,15,17). The van der Waals surface area contributed by atoms with Crippen molar-refractivity contribution in [2.24, 2.45) is 0 Å². The quantitative estimate of drug-likeness (QED) is 0.553. The average Bonchev–Trinajstić information content (AvgIpc) is 2.77. The number of aromatic amines is 1. The van der Waals surface area contributed by atoms with Gasteiger partial charge in [-0.2, -0.15) is 0 Å². The minimum absolute atomic E-state index is 0.110. The van der Waals surface area contributed by atoms with Gasteiger partial charge in [-0.25, -0.2) is 0 Å². The van der Waals surface area contributed by atoms with Crippen LogP contribution in [0.2, 0.25) is 0 Å². The van der Waals surface area contributed by atoms with Gasteiger partial charge in [0.2, 0.25) is 0 Å². The van der Waals surface area contributed by atoms with Crippen LogP contribution in [0.5, 0.6) is 0 Å². The Morgan fingerprint density at radius 1 is 1.44 bits per heavy atom. The summed E-state index contributed by atoms with van der Waals surface area (Å²) in [5.41, 5.74) is 7.84. The number of fused-ring (bicyclic) bond motifs is 1. The molecule has 18 heavy (non-hydrogen) atoms. The Bertz CT molecular complexity index is 548. The molecule has 4 N–H and O–H groups in total. The van der Waals surface area contributed by atoms with Gasteiger partial charge in [0.1, 0.15) is 5.69 Å². The number of hydrogen-bond acceptors (Lipinski definition) is 3. The molecule has 1 aromatic heterocycles. The number of aromatic nitrogens is 1. The molecule has 0 aliphatic carbocycles. The van der Waals surface area contributed by atoms with E-state index in [4.69, 9.17) is 10.5 Å². The number of nitrogens with one attached hydrogen (secondary N) is 2. The number of methoxy groups -OCH3 is 1. The molecule has 5 nitrogen and oxygen atoms in total. The van der Waals surface area contributed by atoms with E-state index in [-0.39, 0.29) is 5.91 Å². The van der Waals surface area contributed by atoms with Crippen LogP contribution in [0.3, 0.4) is 0 Å². The fourth-order valence-electron chi connectivity index (χ4n) is 1.79. The first-order chi connectivity index (χ1) is 8.70. The molecule has 1 aromatic carbocycles. The van der Waals surface area contributed by atoms with Crippen molar-refractivity contribution in [3.8, 4) is 0 Å². The number of rotatable bonds is 5. The fourth-order valence-corrected chi connectivity index (χ4v) is 1.79. The Hall–Kier alpha value is -2.01. The molecule has 0 aliphatic heterocycles. The second-order valence-corrected chi connectivity index (χ2v) is 4.13. The molecule has 0 spiro atoms. The first kappa shape index (κ1) is 12.4. The molecule has 0 radical (unpaired) electrons. The molecule has 0 atom stereocenters. The molecule has 0 bridgehead atoms. The normalized spacial score (nSPS) is 10.7. The van der Waals surface area contributed by atoms with Crippen LogP contribution in [-0.4, -0.2) is 31.2 Å². The first-order valence-electron chi connectivity index (χ1n) is 5.86.